The lowest BCUT2D eigenvalue weighted by Gasteiger charge is -2.10. The van der Waals surface area contributed by atoms with Crippen molar-refractivity contribution in [2.45, 2.75) is 13.8 Å². The summed E-state index contributed by atoms with van der Waals surface area (Å²) in [4.78, 5) is 16.5. The fourth-order valence-corrected chi connectivity index (χ4v) is 3.22. The van der Waals surface area contributed by atoms with Crippen molar-refractivity contribution < 1.29 is 14.3 Å². The molecule has 1 aromatic heterocycles. The number of methoxy groups -OCH3 is 1. The van der Waals surface area contributed by atoms with Crippen LogP contribution in [0.1, 0.15) is 11.1 Å². The molecule has 1 heterocycles. The van der Waals surface area contributed by atoms with Gasteiger partial charge in [0.05, 0.1) is 11.8 Å². The van der Waals surface area contributed by atoms with E-state index in [4.69, 9.17) is 9.47 Å². The van der Waals surface area contributed by atoms with Crippen molar-refractivity contribution in [1.29, 1.82) is 0 Å². The predicted octanol–water partition coefficient (Wildman–Crippen LogP) is 3.94. The molecule has 1 N–H and O–H groups in total. The number of aromatic nitrogens is 1. The van der Waals surface area contributed by atoms with Crippen LogP contribution in [0.5, 0.6) is 11.5 Å². The van der Waals surface area contributed by atoms with Crippen molar-refractivity contribution in [3.63, 3.8) is 0 Å². The third-order valence-electron chi connectivity index (χ3n) is 3.76. The van der Waals surface area contributed by atoms with Crippen molar-refractivity contribution in [2.24, 2.45) is 0 Å². The van der Waals surface area contributed by atoms with E-state index in [1.807, 2.05) is 50.2 Å². The van der Waals surface area contributed by atoms with E-state index in [-0.39, 0.29) is 12.5 Å². The highest BCUT2D eigenvalue weighted by atomic mass is 32.1. The molecular weight excluding hydrogens is 324 g/mol. The van der Waals surface area contributed by atoms with Gasteiger partial charge in [-0.1, -0.05) is 29.5 Å². The predicted molar refractivity (Wildman–Crippen MR) is 96.2 cm³/mol. The summed E-state index contributed by atoms with van der Waals surface area (Å²) in [6.45, 7) is 3.93. The number of carbonyl (C=O) groups is 1. The Kier molecular flexibility index (Phi) is 4.66. The second-order valence-corrected chi connectivity index (χ2v) is 6.39. The van der Waals surface area contributed by atoms with Gasteiger partial charge in [0.1, 0.15) is 17.0 Å². The highest BCUT2D eigenvalue weighted by Crippen LogP contribution is 2.32. The number of hydrogen-bond donors (Lipinski definition) is 1. The zero-order valence-electron chi connectivity index (χ0n) is 13.8. The molecule has 0 aliphatic rings. The van der Waals surface area contributed by atoms with Gasteiger partial charge in [0.2, 0.25) is 0 Å². The van der Waals surface area contributed by atoms with Gasteiger partial charge in [-0.2, -0.15) is 0 Å². The molecule has 0 aliphatic carbocycles. The highest BCUT2D eigenvalue weighted by molar-refractivity contribution is 7.22. The maximum Gasteiger partial charge on any atom is 0.264 e. The lowest BCUT2D eigenvalue weighted by molar-refractivity contribution is -0.118. The van der Waals surface area contributed by atoms with Gasteiger partial charge in [-0.15, -0.1) is 0 Å². The topological polar surface area (TPSA) is 60.5 Å². The second kappa shape index (κ2) is 6.88. The average molecular weight is 342 g/mol. The van der Waals surface area contributed by atoms with Crippen LogP contribution >= 0.6 is 11.3 Å². The smallest absolute Gasteiger partial charge is 0.264 e. The van der Waals surface area contributed by atoms with Gasteiger partial charge in [0.25, 0.3) is 5.91 Å². The number of hydrogen-bond acceptors (Lipinski definition) is 5. The first-order chi connectivity index (χ1) is 11.6. The summed E-state index contributed by atoms with van der Waals surface area (Å²) < 4.78 is 11.9. The van der Waals surface area contributed by atoms with Gasteiger partial charge < -0.3 is 9.47 Å². The van der Waals surface area contributed by atoms with Crippen molar-refractivity contribution in [3.8, 4) is 11.5 Å². The quantitative estimate of drug-likeness (QED) is 0.763. The molecule has 1 amide bonds. The van der Waals surface area contributed by atoms with E-state index in [9.17, 15) is 4.79 Å². The summed E-state index contributed by atoms with van der Waals surface area (Å²) in [5, 5.41) is 3.31. The summed E-state index contributed by atoms with van der Waals surface area (Å²) in [7, 11) is 1.60. The monoisotopic (exact) mass is 342 g/mol. The van der Waals surface area contributed by atoms with Gasteiger partial charge in [0.15, 0.2) is 11.7 Å². The number of benzene rings is 2. The fraction of sp³-hybridized carbons (Fsp3) is 0.222. The summed E-state index contributed by atoms with van der Waals surface area (Å²) >= 11 is 1.40. The van der Waals surface area contributed by atoms with Crippen LogP contribution in [0.2, 0.25) is 0 Å². The van der Waals surface area contributed by atoms with Crippen LogP contribution in [-0.4, -0.2) is 24.6 Å². The van der Waals surface area contributed by atoms with E-state index < -0.39 is 0 Å². The van der Waals surface area contributed by atoms with E-state index in [2.05, 4.69) is 10.3 Å². The maximum atomic E-state index is 12.1. The molecule has 0 spiro atoms. The molecule has 5 nitrogen and oxygen atoms in total. The number of carbonyl (C=O) groups excluding carboxylic acids is 1. The van der Waals surface area contributed by atoms with Crippen molar-refractivity contribution >= 4 is 32.6 Å². The molecule has 2 aromatic carbocycles. The van der Waals surface area contributed by atoms with Gasteiger partial charge in [-0.05, 0) is 43.2 Å². The minimum Gasteiger partial charge on any atom is -0.494 e. The lowest BCUT2D eigenvalue weighted by Crippen LogP contribution is -2.20. The van der Waals surface area contributed by atoms with Crippen LogP contribution in [0.3, 0.4) is 0 Å². The Hall–Kier alpha value is -2.60. The summed E-state index contributed by atoms with van der Waals surface area (Å²) in [6.07, 6.45) is 0. The Balaban J connectivity index is 1.68. The molecule has 0 aliphatic heterocycles. The Morgan fingerprint density at radius 1 is 1.17 bits per heavy atom. The van der Waals surface area contributed by atoms with E-state index in [0.29, 0.717) is 10.9 Å². The SMILES string of the molecule is COc1cccc2sc(NC(=O)COc3cccc(C)c3C)nc12. The third-order valence-corrected chi connectivity index (χ3v) is 4.70. The maximum absolute atomic E-state index is 12.1. The number of anilines is 1. The number of nitrogens with zero attached hydrogens (tertiary/aromatic N) is 1. The van der Waals surface area contributed by atoms with E-state index in [1.54, 1.807) is 7.11 Å². The molecule has 3 rings (SSSR count). The summed E-state index contributed by atoms with van der Waals surface area (Å²) in [5.41, 5.74) is 2.91. The van der Waals surface area contributed by atoms with Crippen LogP contribution in [0.25, 0.3) is 10.2 Å². The first-order valence-electron chi connectivity index (χ1n) is 7.51. The van der Waals surface area contributed by atoms with Crippen LogP contribution in [-0.2, 0) is 4.79 Å². The van der Waals surface area contributed by atoms with Crippen molar-refractivity contribution in [1.82, 2.24) is 4.98 Å². The lowest BCUT2D eigenvalue weighted by atomic mass is 10.1. The Labute approximate surface area is 144 Å². The molecule has 124 valence electrons. The number of thiazole rings is 1. The molecule has 0 atom stereocenters. The molecule has 0 radical (unpaired) electrons. The van der Waals surface area contributed by atoms with Crippen LogP contribution in [0, 0.1) is 13.8 Å². The summed E-state index contributed by atoms with van der Waals surface area (Å²) in [5.74, 6) is 1.17. The van der Waals surface area contributed by atoms with E-state index in [1.165, 1.54) is 11.3 Å². The molecule has 0 fully saturated rings. The minimum absolute atomic E-state index is 0.0582. The van der Waals surface area contributed by atoms with Gasteiger partial charge in [-0.3, -0.25) is 10.1 Å². The van der Waals surface area contributed by atoms with Gasteiger partial charge >= 0.3 is 0 Å². The Bertz CT molecular complexity index is 889. The molecule has 0 saturated carbocycles. The van der Waals surface area contributed by atoms with Crippen LogP contribution in [0.4, 0.5) is 5.13 Å². The standard InChI is InChI=1S/C18H18N2O3S/c1-11-6-4-7-13(12(11)2)23-10-16(21)19-18-20-17-14(22-3)8-5-9-15(17)24-18/h4-9H,10H2,1-3H3,(H,19,20,21). The molecule has 0 saturated heterocycles. The van der Waals surface area contributed by atoms with Crippen molar-refractivity contribution in [3.05, 3.63) is 47.5 Å². The van der Waals surface area contributed by atoms with Crippen LogP contribution < -0.4 is 14.8 Å². The fourth-order valence-electron chi connectivity index (χ4n) is 2.32. The van der Waals surface area contributed by atoms with E-state index >= 15 is 0 Å². The highest BCUT2D eigenvalue weighted by Gasteiger charge is 2.12. The number of nitrogens with one attached hydrogen (secondary N) is 1. The number of ether oxygens (including phenoxy) is 2. The Morgan fingerprint density at radius 3 is 2.71 bits per heavy atom. The molecule has 0 bridgehead atoms. The first-order valence-corrected chi connectivity index (χ1v) is 8.32. The van der Waals surface area contributed by atoms with Gasteiger partial charge in [-0.25, -0.2) is 4.98 Å². The molecule has 3 aromatic rings. The molecule has 24 heavy (non-hydrogen) atoms. The van der Waals surface area contributed by atoms with Gasteiger partial charge in [0, 0.05) is 0 Å². The number of aryl methyl sites for hydroxylation is 1. The van der Waals surface area contributed by atoms with E-state index in [0.717, 1.165) is 27.1 Å². The molecule has 0 unspecified atom stereocenters. The minimum atomic E-state index is -0.242. The zero-order chi connectivity index (χ0) is 17.1. The first kappa shape index (κ1) is 16.3. The largest absolute Gasteiger partial charge is 0.494 e. The average Bonchev–Trinajstić information content (AvgIpc) is 2.98. The number of amides is 1. The van der Waals surface area contributed by atoms with Crippen LogP contribution in [0.15, 0.2) is 36.4 Å². The van der Waals surface area contributed by atoms with Crippen molar-refractivity contribution in [2.75, 3.05) is 19.0 Å². The second-order valence-electron chi connectivity index (χ2n) is 5.36. The number of fused-ring (bicyclic) bond motifs is 1. The Morgan fingerprint density at radius 2 is 1.92 bits per heavy atom. The molecular formula is C18H18N2O3S. The molecule has 6 heteroatoms. The zero-order valence-corrected chi connectivity index (χ0v) is 14.6. The third kappa shape index (κ3) is 3.33. The number of para-hydroxylation sites is 1. The number of rotatable bonds is 5. The normalized spacial score (nSPS) is 10.6. The summed E-state index contributed by atoms with van der Waals surface area (Å²) in [6, 6.07) is 11.5.